The van der Waals surface area contributed by atoms with E-state index in [1.807, 2.05) is 6.07 Å². The first-order valence-electron chi connectivity index (χ1n) is 5.62. The molecule has 0 amide bonds. The summed E-state index contributed by atoms with van der Waals surface area (Å²) >= 11 is 1.71. The van der Waals surface area contributed by atoms with Gasteiger partial charge in [0.1, 0.15) is 0 Å². The molecule has 1 atom stereocenters. The standard InChI is InChI=1S/C15H13NS/c16-15(14-6-3-9-17-14)13-8-7-11-4-1-2-5-12(11)10-13/h1-10,15H,16H2/t15-/m0/s1. The fraction of sp³-hybridized carbons (Fsp3) is 0.0667. The van der Waals surface area contributed by atoms with Crippen molar-refractivity contribution in [2.45, 2.75) is 6.04 Å². The number of rotatable bonds is 2. The highest BCUT2D eigenvalue weighted by molar-refractivity contribution is 7.10. The molecule has 1 heterocycles. The second-order valence-electron chi connectivity index (χ2n) is 4.10. The van der Waals surface area contributed by atoms with Crippen LogP contribution >= 0.6 is 11.3 Å². The molecule has 0 spiro atoms. The molecule has 0 saturated heterocycles. The first kappa shape index (κ1) is 10.5. The predicted molar refractivity (Wildman–Crippen MR) is 74.3 cm³/mol. The van der Waals surface area contributed by atoms with Crippen LogP contribution in [0.4, 0.5) is 0 Å². The molecular weight excluding hydrogens is 226 g/mol. The van der Waals surface area contributed by atoms with Crippen LogP contribution in [0.5, 0.6) is 0 Å². The summed E-state index contributed by atoms with van der Waals surface area (Å²) in [6, 6.07) is 18.9. The van der Waals surface area contributed by atoms with Crippen molar-refractivity contribution in [1.82, 2.24) is 0 Å². The van der Waals surface area contributed by atoms with Crippen molar-refractivity contribution in [2.24, 2.45) is 5.73 Å². The van der Waals surface area contributed by atoms with Crippen LogP contribution in [-0.2, 0) is 0 Å². The monoisotopic (exact) mass is 239 g/mol. The van der Waals surface area contributed by atoms with Gasteiger partial charge in [0.05, 0.1) is 6.04 Å². The Kier molecular flexibility index (Phi) is 2.67. The summed E-state index contributed by atoms with van der Waals surface area (Å²) in [6.45, 7) is 0. The van der Waals surface area contributed by atoms with Crippen LogP contribution in [0.1, 0.15) is 16.5 Å². The minimum absolute atomic E-state index is 0.0143. The summed E-state index contributed by atoms with van der Waals surface area (Å²) in [6.07, 6.45) is 0. The summed E-state index contributed by atoms with van der Waals surface area (Å²) < 4.78 is 0. The average Bonchev–Trinajstić information content (AvgIpc) is 2.91. The minimum Gasteiger partial charge on any atom is -0.320 e. The van der Waals surface area contributed by atoms with Crippen LogP contribution in [0.3, 0.4) is 0 Å². The molecule has 2 N–H and O–H groups in total. The number of benzene rings is 2. The highest BCUT2D eigenvalue weighted by Gasteiger charge is 2.09. The maximum atomic E-state index is 6.26. The Labute approximate surface area is 105 Å². The molecular formula is C15H13NS. The molecule has 0 unspecified atom stereocenters. The molecule has 1 nitrogen and oxygen atoms in total. The van der Waals surface area contributed by atoms with Gasteiger partial charge >= 0.3 is 0 Å². The van der Waals surface area contributed by atoms with Gasteiger partial charge in [-0.15, -0.1) is 11.3 Å². The number of hydrogen-bond acceptors (Lipinski definition) is 2. The lowest BCUT2D eigenvalue weighted by atomic mass is 10.0. The quantitative estimate of drug-likeness (QED) is 0.720. The van der Waals surface area contributed by atoms with E-state index in [1.165, 1.54) is 21.2 Å². The van der Waals surface area contributed by atoms with Crippen molar-refractivity contribution in [3.8, 4) is 0 Å². The summed E-state index contributed by atoms with van der Waals surface area (Å²) in [5.74, 6) is 0. The van der Waals surface area contributed by atoms with E-state index in [9.17, 15) is 0 Å². The van der Waals surface area contributed by atoms with Gasteiger partial charge < -0.3 is 5.73 Å². The van der Waals surface area contributed by atoms with Crippen molar-refractivity contribution < 1.29 is 0 Å². The Morgan fingerprint density at radius 1 is 0.882 bits per heavy atom. The fourth-order valence-corrected chi connectivity index (χ4v) is 2.79. The second kappa shape index (κ2) is 4.32. The maximum absolute atomic E-state index is 6.26. The van der Waals surface area contributed by atoms with Gasteiger partial charge in [0.2, 0.25) is 0 Å². The molecule has 0 aliphatic rings. The Hall–Kier alpha value is -1.64. The van der Waals surface area contributed by atoms with Crippen LogP contribution < -0.4 is 5.73 Å². The van der Waals surface area contributed by atoms with Crippen molar-refractivity contribution >= 4 is 22.1 Å². The molecule has 2 aromatic carbocycles. The molecule has 0 fully saturated rings. The van der Waals surface area contributed by atoms with Crippen LogP contribution in [0.15, 0.2) is 60.0 Å². The topological polar surface area (TPSA) is 26.0 Å². The van der Waals surface area contributed by atoms with Gasteiger partial charge in [0.25, 0.3) is 0 Å². The van der Waals surface area contributed by atoms with Gasteiger partial charge in [0.15, 0.2) is 0 Å². The van der Waals surface area contributed by atoms with Crippen molar-refractivity contribution in [3.05, 3.63) is 70.4 Å². The normalized spacial score (nSPS) is 12.8. The number of fused-ring (bicyclic) bond motifs is 1. The van der Waals surface area contributed by atoms with E-state index in [-0.39, 0.29) is 6.04 Å². The molecule has 84 valence electrons. The molecule has 0 saturated carbocycles. The van der Waals surface area contributed by atoms with Crippen LogP contribution in [-0.4, -0.2) is 0 Å². The zero-order valence-corrected chi connectivity index (χ0v) is 10.2. The number of hydrogen-bond donors (Lipinski definition) is 1. The molecule has 3 rings (SSSR count). The Bertz CT molecular complexity index is 628. The van der Waals surface area contributed by atoms with Gasteiger partial charge in [0, 0.05) is 4.88 Å². The Balaban J connectivity index is 2.06. The SMILES string of the molecule is N[C@@H](c1ccc2ccccc2c1)c1cccs1. The lowest BCUT2D eigenvalue weighted by Gasteiger charge is -2.11. The zero-order chi connectivity index (χ0) is 11.7. The summed E-state index contributed by atoms with van der Waals surface area (Å²) in [5.41, 5.74) is 7.43. The van der Waals surface area contributed by atoms with Gasteiger partial charge in [-0.1, -0.05) is 42.5 Å². The molecule has 0 aliphatic carbocycles. The van der Waals surface area contributed by atoms with Crippen molar-refractivity contribution in [3.63, 3.8) is 0 Å². The lowest BCUT2D eigenvalue weighted by Crippen LogP contribution is -2.09. The summed E-state index contributed by atoms with van der Waals surface area (Å²) in [4.78, 5) is 1.21. The van der Waals surface area contributed by atoms with Gasteiger partial charge in [-0.25, -0.2) is 0 Å². The molecule has 0 aliphatic heterocycles. The maximum Gasteiger partial charge on any atom is 0.0646 e. The highest BCUT2D eigenvalue weighted by Crippen LogP contribution is 2.26. The lowest BCUT2D eigenvalue weighted by molar-refractivity contribution is 0.896. The zero-order valence-electron chi connectivity index (χ0n) is 9.34. The van der Waals surface area contributed by atoms with E-state index in [2.05, 4.69) is 53.9 Å². The number of thiophene rings is 1. The Morgan fingerprint density at radius 3 is 2.47 bits per heavy atom. The molecule has 1 aromatic heterocycles. The number of nitrogens with two attached hydrogens (primary N) is 1. The second-order valence-corrected chi connectivity index (χ2v) is 5.08. The van der Waals surface area contributed by atoms with E-state index >= 15 is 0 Å². The van der Waals surface area contributed by atoms with Gasteiger partial charge in [-0.05, 0) is 33.8 Å². The third-order valence-electron chi connectivity index (χ3n) is 2.98. The fourth-order valence-electron chi connectivity index (χ4n) is 2.03. The van der Waals surface area contributed by atoms with Gasteiger partial charge in [-0.2, -0.15) is 0 Å². The average molecular weight is 239 g/mol. The summed E-state index contributed by atoms with van der Waals surface area (Å²) in [7, 11) is 0. The third-order valence-corrected chi connectivity index (χ3v) is 3.94. The van der Waals surface area contributed by atoms with E-state index in [0.717, 1.165) is 0 Å². The van der Waals surface area contributed by atoms with Crippen LogP contribution in [0.25, 0.3) is 10.8 Å². The first-order valence-corrected chi connectivity index (χ1v) is 6.50. The van der Waals surface area contributed by atoms with Crippen molar-refractivity contribution in [1.29, 1.82) is 0 Å². The summed E-state index contributed by atoms with van der Waals surface area (Å²) in [5, 5.41) is 4.57. The van der Waals surface area contributed by atoms with E-state index < -0.39 is 0 Å². The molecule has 0 radical (unpaired) electrons. The molecule has 2 heteroatoms. The van der Waals surface area contributed by atoms with Crippen molar-refractivity contribution in [2.75, 3.05) is 0 Å². The Morgan fingerprint density at radius 2 is 1.71 bits per heavy atom. The highest BCUT2D eigenvalue weighted by atomic mass is 32.1. The predicted octanol–water partition coefficient (Wildman–Crippen LogP) is 3.95. The third kappa shape index (κ3) is 1.97. The minimum atomic E-state index is -0.0143. The van der Waals surface area contributed by atoms with E-state index in [4.69, 9.17) is 5.73 Å². The smallest absolute Gasteiger partial charge is 0.0646 e. The van der Waals surface area contributed by atoms with Crippen LogP contribution in [0, 0.1) is 0 Å². The first-order chi connectivity index (χ1) is 8.34. The van der Waals surface area contributed by atoms with E-state index in [0.29, 0.717) is 0 Å². The van der Waals surface area contributed by atoms with Gasteiger partial charge in [-0.3, -0.25) is 0 Å². The largest absolute Gasteiger partial charge is 0.320 e. The molecule has 0 bridgehead atoms. The molecule has 17 heavy (non-hydrogen) atoms. The van der Waals surface area contributed by atoms with Crippen LogP contribution in [0.2, 0.25) is 0 Å². The van der Waals surface area contributed by atoms with E-state index in [1.54, 1.807) is 11.3 Å². The molecule has 3 aromatic rings.